The topological polar surface area (TPSA) is 70.5 Å². The minimum Gasteiger partial charge on any atom is -0.478 e. The van der Waals surface area contributed by atoms with Gasteiger partial charge in [0.1, 0.15) is 5.82 Å². The van der Waals surface area contributed by atoms with E-state index in [9.17, 15) is 14.1 Å². The zero-order valence-electron chi connectivity index (χ0n) is 19.6. The van der Waals surface area contributed by atoms with Crippen molar-refractivity contribution in [2.24, 2.45) is 0 Å². The van der Waals surface area contributed by atoms with Crippen molar-refractivity contribution in [3.05, 3.63) is 101 Å². The van der Waals surface area contributed by atoms with Crippen LogP contribution < -0.4 is 4.31 Å². The highest BCUT2D eigenvalue weighted by Gasteiger charge is 2.22. The molecule has 0 radical (unpaired) electrons. The van der Waals surface area contributed by atoms with Gasteiger partial charge in [-0.25, -0.2) is 14.0 Å². The van der Waals surface area contributed by atoms with Gasteiger partial charge in [0, 0.05) is 17.1 Å². The summed E-state index contributed by atoms with van der Waals surface area (Å²) < 4.78 is 15.6. The van der Waals surface area contributed by atoms with Gasteiger partial charge in [0.15, 0.2) is 11.0 Å². The Morgan fingerprint density at radius 1 is 0.971 bits per heavy atom. The number of aromatic carboxylic acids is 1. The number of rotatable bonds is 8. The first-order valence-electron chi connectivity index (χ1n) is 11.4. The molecule has 0 aliphatic carbocycles. The second-order valence-corrected chi connectivity index (χ2v) is 9.63. The third-order valence-electron chi connectivity index (χ3n) is 6.12. The Morgan fingerprint density at radius 2 is 1.68 bits per heavy atom. The number of pyridine rings is 1. The molecular formula is C28H28N2O3S. The number of hydrogen-bond donors (Lipinski definition) is 1. The Labute approximate surface area is 202 Å². The van der Waals surface area contributed by atoms with Gasteiger partial charge in [-0.3, -0.25) is 4.31 Å². The van der Waals surface area contributed by atoms with Crippen molar-refractivity contribution in [3.8, 4) is 0 Å². The molecular weight excluding hydrogens is 444 g/mol. The van der Waals surface area contributed by atoms with Crippen LogP contribution in [0, 0.1) is 6.92 Å². The molecule has 34 heavy (non-hydrogen) atoms. The van der Waals surface area contributed by atoms with E-state index in [4.69, 9.17) is 4.98 Å². The number of anilines is 1. The molecule has 0 spiro atoms. The number of carbonyl (C=O) groups is 1. The molecule has 1 atom stereocenters. The lowest BCUT2D eigenvalue weighted by molar-refractivity contribution is 0.0697. The summed E-state index contributed by atoms with van der Waals surface area (Å²) in [7, 11) is -1.59. The highest BCUT2D eigenvalue weighted by molar-refractivity contribution is 7.86. The Balaban J connectivity index is 1.80. The van der Waals surface area contributed by atoms with Crippen molar-refractivity contribution in [1.82, 2.24) is 4.98 Å². The van der Waals surface area contributed by atoms with Crippen LogP contribution in [0.2, 0.25) is 0 Å². The van der Waals surface area contributed by atoms with Crippen molar-refractivity contribution < 1.29 is 14.1 Å². The Morgan fingerprint density at radius 3 is 2.35 bits per heavy atom. The lowest BCUT2D eigenvalue weighted by atomic mass is 10.00. The molecule has 0 bridgehead atoms. The molecule has 4 rings (SSSR count). The zero-order chi connectivity index (χ0) is 24.2. The first-order chi connectivity index (χ1) is 16.4. The summed E-state index contributed by atoms with van der Waals surface area (Å²) in [4.78, 5) is 16.5. The summed E-state index contributed by atoms with van der Waals surface area (Å²) >= 11 is 0. The SMILES string of the molecule is CCc1ccc(CN(c2ncc3ccccc3c2C)S(=O)c2ccc(C(=O)O)cc2)cc1CC. The third-order valence-corrected chi connectivity index (χ3v) is 7.50. The fourth-order valence-electron chi connectivity index (χ4n) is 4.22. The van der Waals surface area contributed by atoms with Crippen LogP contribution in [0.1, 0.15) is 46.5 Å². The van der Waals surface area contributed by atoms with Gasteiger partial charge in [-0.05, 0) is 66.1 Å². The van der Waals surface area contributed by atoms with Crippen LogP contribution in [0.25, 0.3) is 10.8 Å². The summed E-state index contributed by atoms with van der Waals surface area (Å²) in [5.74, 6) is -0.360. The lowest BCUT2D eigenvalue weighted by Crippen LogP contribution is -2.27. The van der Waals surface area contributed by atoms with Crippen LogP contribution in [0.5, 0.6) is 0 Å². The summed E-state index contributed by atoms with van der Waals surface area (Å²) in [6.45, 7) is 6.71. The molecule has 0 fully saturated rings. The van der Waals surface area contributed by atoms with Gasteiger partial charge in [-0.1, -0.05) is 56.3 Å². The van der Waals surface area contributed by atoms with E-state index in [1.54, 1.807) is 16.4 Å². The first kappa shape index (κ1) is 23.6. The maximum Gasteiger partial charge on any atom is 0.335 e. The number of benzene rings is 3. The predicted octanol–water partition coefficient (Wildman–Crippen LogP) is 6.10. The third kappa shape index (κ3) is 4.73. The number of aromatic nitrogens is 1. The first-order valence-corrected chi connectivity index (χ1v) is 12.5. The predicted molar refractivity (Wildman–Crippen MR) is 138 cm³/mol. The van der Waals surface area contributed by atoms with Gasteiger partial charge in [-0.2, -0.15) is 0 Å². The highest BCUT2D eigenvalue weighted by atomic mass is 32.2. The van der Waals surface area contributed by atoms with E-state index in [0.717, 1.165) is 34.7 Å². The van der Waals surface area contributed by atoms with E-state index >= 15 is 0 Å². The van der Waals surface area contributed by atoms with E-state index in [-0.39, 0.29) is 5.56 Å². The maximum absolute atomic E-state index is 13.8. The van der Waals surface area contributed by atoms with Gasteiger partial charge < -0.3 is 5.11 Å². The molecule has 6 heteroatoms. The van der Waals surface area contributed by atoms with Crippen molar-refractivity contribution in [2.75, 3.05) is 4.31 Å². The fourth-order valence-corrected chi connectivity index (χ4v) is 5.45. The van der Waals surface area contributed by atoms with Gasteiger partial charge in [0.25, 0.3) is 0 Å². The van der Waals surface area contributed by atoms with E-state index in [0.29, 0.717) is 17.3 Å². The lowest BCUT2D eigenvalue weighted by Gasteiger charge is -2.25. The fraction of sp³-hybridized carbons (Fsp3) is 0.214. The Kier molecular flexibility index (Phi) is 7.08. The number of carboxylic acid groups (broad SMARTS) is 1. The molecule has 0 aliphatic rings. The molecule has 0 saturated heterocycles. The van der Waals surface area contributed by atoms with Crippen LogP contribution in [0.15, 0.2) is 77.8 Å². The molecule has 1 unspecified atom stereocenters. The number of hydrogen-bond acceptors (Lipinski definition) is 3. The largest absolute Gasteiger partial charge is 0.478 e. The van der Waals surface area contributed by atoms with Crippen molar-refractivity contribution in [3.63, 3.8) is 0 Å². The number of nitrogens with zero attached hydrogens (tertiary/aromatic N) is 2. The number of fused-ring (bicyclic) bond motifs is 1. The minimum atomic E-state index is -1.59. The molecule has 1 aromatic heterocycles. The van der Waals surface area contributed by atoms with E-state index in [1.807, 2.05) is 37.4 Å². The standard InChI is InChI=1S/C28H28N2O3S/c1-4-21-11-10-20(16-22(21)5-2)18-30(34(33)25-14-12-23(13-15-25)28(31)32)27-19(3)26-9-7-6-8-24(26)17-29-27/h6-17H,4-5,18H2,1-3H3,(H,31,32). The Bertz CT molecular complexity index is 1370. The smallest absolute Gasteiger partial charge is 0.335 e. The monoisotopic (exact) mass is 472 g/mol. The molecule has 0 saturated carbocycles. The molecule has 4 aromatic rings. The zero-order valence-corrected chi connectivity index (χ0v) is 20.4. The molecule has 5 nitrogen and oxygen atoms in total. The summed E-state index contributed by atoms with van der Waals surface area (Å²) in [6.07, 6.45) is 3.72. The van der Waals surface area contributed by atoms with Crippen molar-refractivity contribution in [2.45, 2.75) is 45.1 Å². The second-order valence-electron chi connectivity index (χ2n) is 8.22. The van der Waals surface area contributed by atoms with E-state index in [1.165, 1.54) is 23.3 Å². The molecule has 1 N–H and O–H groups in total. The summed E-state index contributed by atoms with van der Waals surface area (Å²) in [6, 6.07) is 20.6. The number of aryl methyl sites for hydroxylation is 3. The normalized spacial score (nSPS) is 12.0. The molecule has 3 aromatic carbocycles. The van der Waals surface area contributed by atoms with Crippen molar-refractivity contribution >= 4 is 33.5 Å². The molecule has 174 valence electrons. The quantitative estimate of drug-likeness (QED) is 0.337. The van der Waals surface area contributed by atoms with E-state index < -0.39 is 17.0 Å². The van der Waals surface area contributed by atoms with Gasteiger partial charge in [-0.15, -0.1) is 0 Å². The Hall–Kier alpha value is -3.51. The molecule has 1 heterocycles. The highest BCUT2D eigenvalue weighted by Crippen LogP contribution is 2.30. The van der Waals surface area contributed by atoms with Gasteiger partial charge in [0.2, 0.25) is 0 Å². The van der Waals surface area contributed by atoms with Crippen LogP contribution in [-0.2, 0) is 30.4 Å². The van der Waals surface area contributed by atoms with Crippen LogP contribution in [0.3, 0.4) is 0 Å². The van der Waals surface area contributed by atoms with Crippen LogP contribution in [0.4, 0.5) is 5.82 Å². The average molecular weight is 473 g/mol. The second kappa shape index (κ2) is 10.2. The van der Waals surface area contributed by atoms with Crippen molar-refractivity contribution in [1.29, 1.82) is 0 Å². The molecule has 0 amide bonds. The van der Waals surface area contributed by atoms with E-state index in [2.05, 4.69) is 32.0 Å². The maximum atomic E-state index is 13.8. The van der Waals surface area contributed by atoms with Gasteiger partial charge in [0.05, 0.1) is 17.0 Å². The molecule has 0 aliphatic heterocycles. The summed E-state index contributed by atoms with van der Waals surface area (Å²) in [5, 5.41) is 11.3. The number of carboxylic acids is 1. The van der Waals surface area contributed by atoms with Crippen LogP contribution >= 0.6 is 0 Å². The minimum absolute atomic E-state index is 0.162. The summed E-state index contributed by atoms with van der Waals surface area (Å²) in [5.41, 5.74) is 4.78. The van der Waals surface area contributed by atoms with Crippen LogP contribution in [-0.4, -0.2) is 20.3 Å². The average Bonchev–Trinajstić information content (AvgIpc) is 2.87. The van der Waals surface area contributed by atoms with Gasteiger partial charge >= 0.3 is 5.97 Å².